The van der Waals surface area contributed by atoms with Crippen molar-refractivity contribution in [3.8, 4) is 0 Å². The van der Waals surface area contributed by atoms with Crippen molar-refractivity contribution in [1.82, 2.24) is 4.98 Å². The van der Waals surface area contributed by atoms with E-state index in [2.05, 4.69) is 53.8 Å². The molecule has 0 spiro atoms. The Bertz CT molecular complexity index is 689. The fourth-order valence-corrected chi connectivity index (χ4v) is 3.31. The molecular weight excluding hydrogens is 264 g/mol. The van der Waals surface area contributed by atoms with Crippen LogP contribution < -0.4 is 5.32 Å². The first-order valence-electron chi connectivity index (χ1n) is 6.89. The molecule has 2 nitrogen and oxygen atoms in total. The summed E-state index contributed by atoms with van der Waals surface area (Å²) >= 11 is 1.80. The van der Waals surface area contributed by atoms with E-state index < -0.39 is 0 Å². The van der Waals surface area contributed by atoms with Crippen LogP contribution in [0.1, 0.15) is 24.8 Å². The molecule has 3 aromatic rings. The normalized spacial score (nSPS) is 12.8. The average Bonchev–Trinajstić information content (AvgIpc) is 2.98. The van der Waals surface area contributed by atoms with Gasteiger partial charge in [0.25, 0.3) is 0 Å². The second-order valence-corrected chi connectivity index (χ2v) is 6.28. The van der Waals surface area contributed by atoms with Crippen LogP contribution in [0, 0.1) is 5.92 Å². The maximum atomic E-state index is 4.52. The maximum absolute atomic E-state index is 4.52. The third-order valence-electron chi connectivity index (χ3n) is 3.43. The largest absolute Gasteiger partial charge is 0.376 e. The van der Waals surface area contributed by atoms with Gasteiger partial charge in [0.15, 0.2) is 0 Å². The van der Waals surface area contributed by atoms with Crippen LogP contribution >= 0.6 is 11.3 Å². The second-order valence-electron chi connectivity index (χ2n) is 5.30. The van der Waals surface area contributed by atoms with Crippen molar-refractivity contribution in [1.29, 1.82) is 0 Å². The lowest BCUT2D eigenvalue weighted by Crippen LogP contribution is -2.15. The predicted octanol–water partition coefficient (Wildman–Crippen LogP) is 5.11. The Labute approximate surface area is 123 Å². The number of hydrogen-bond donors (Lipinski definition) is 1. The number of thiophene rings is 1. The Morgan fingerprint density at radius 3 is 2.70 bits per heavy atom. The predicted molar refractivity (Wildman–Crippen MR) is 87.3 cm³/mol. The number of fused-ring (bicyclic) bond motifs is 1. The zero-order chi connectivity index (χ0) is 13.9. The summed E-state index contributed by atoms with van der Waals surface area (Å²) in [4.78, 5) is 5.88. The van der Waals surface area contributed by atoms with Gasteiger partial charge in [-0.25, -0.2) is 0 Å². The molecule has 1 atom stereocenters. The Kier molecular flexibility index (Phi) is 3.70. The molecule has 102 valence electrons. The minimum atomic E-state index is 0.331. The first-order valence-corrected chi connectivity index (χ1v) is 7.77. The second kappa shape index (κ2) is 5.63. The van der Waals surface area contributed by atoms with Crippen LogP contribution in [0.2, 0.25) is 0 Å². The highest BCUT2D eigenvalue weighted by Crippen LogP contribution is 2.30. The molecule has 2 aromatic heterocycles. The fourth-order valence-electron chi connectivity index (χ4n) is 2.36. The van der Waals surface area contributed by atoms with Crippen molar-refractivity contribution in [3.05, 3.63) is 58.9 Å². The molecule has 0 saturated carbocycles. The summed E-state index contributed by atoms with van der Waals surface area (Å²) in [6.07, 6.45) is 1.92. The van der Waals surface area contributed by atoms with E-state index in [1.807, 2.05) is 24.4 Å². The average molecular weight is 282 g/mol. The molecule has 0 radical (unpaired) electrons. The molecule has 0 aliphatic rings. The summed E-state index contributed by atoms with van der Waals surface area (Å²) in [7, 11) is 0. The number of para-hydroxylation sites is 1. The summed E-state index contributed by atoms with van der Waals surface area (Å²) in [5.74, 6) is 0.528. The van der Waals surface area contributed by atoms with E-state index in [1.54, 1.807) is 11.3 Å². The quantitative estimate of drug-likeness (QED) is 0.719. The molecule has 0 fully saturated rings. The molecule has 0 bridgehead atoms. The van der Waals surface area contributed by atoms with E-state index in [9.17, 15) is 0 Å². The van der Waals surface area contributed by atoms with Gasteiger partial charge in [-0.2, -0.15) is 0 Å². The number of nitrogens with zero attached hydrogens (tertiary/aromatic N) is 1. The summed E-state index contributed by atoms with van der Waals surface area (Å²) in [5, 5.41) is 6.92. The van der Waals surface area contributed by atoms with Gasteiger partial charge in [-0.05, 0) is 29.5 Å². The zero-order valence-corrected chi connectivity index (χ0v) is 12.5. The van der Waals surface area contributed by atoms with Gasteiger partial charge in [0.2, 0.25) is 0 Å². The van der Waals surface area contributed by atoms with Crippen LogP contribution in [0.4, 0.5) is 5.69 Å². The number of hydrogen-bond acceptors (Lipinski definition) is 3. The van der Waals surface area contributed by atoms with Gasteiger partial charge in [-0.1, -0.05) is 38.1 Å². The van der Waals surface area contributed by atoms with Gasteiger partial charge < -0.3 is 5.32 Å². The molecule has 0 saturated heterocycles. The zero-order valence-electron chi connectivity index (χ0n) is 11.7. The van der Waals surface area contributed by atoms with E-state index >= 15 is 0 Å². The van der Waals surface area contributed by atoms with Gasteiger partial charge in [-0.3, -0.25) is 4.98 Å². The topological polar surface area (TPSA) is 24.9 Å². The highest BCUT2D eigenvalue weighted by Gasteiger charge is 2.16. The molecule has 0 aliphatic carbocycles. The van der Waals surface area contributed by atoms with Crippen LogP contribution in [0.3, 0.4) is 0 Å². The van der Waals surface area contributed by atoms with Crippen LogP contribution in [0.25, 0.3) is 10.9 Å². The summed E-state index contributed by atoms with van der Waals surface area (Å²) in [6.45, 7) is 4.48. The lowest BCUT2D eigenvalue weighted by Gasteiger charge is -2.22. The summed E-state index contributed by atoms with van der Waals surface area (Å²) < 4.78 is 0. The van der Waals surface area contributed by atoms with E-state index in [0.29, 0.717) is 12.0 Å². The molecular formula is C17H18N2S. The lowest BCUT2D eigenvalue weighted by atomic mass is 10.0. The molecule has 1 N–H and O–H groups in total. The monoisotopic (exact) mass is 282 g/mol. The summed E-state index contributed by atoms with van der Waals surface area (Å²) in [5.41, 5.74) is 2.12. The molecule has 1 aromatic carbocycles. The third kappa shape index (κ3) is 2.68. The first kappa shape index (κ1) is 13.1. The number of benzene rings is 1. The van der Waals surface area contributed by atoms with Crippen LogP contribution in [-0.2, 0) is 0 Å². The van der Waals surface area contributed by atoms with E-state index in [-0.39, 0.29) is 0 Å². The van der Waals surface area contributed by atoms with E-state index in [1.165, 1.54) is 10.3 Å². The molecule has 1 unspecified atom stereocenters. The van der Waals surface area contributed by atoms with Crippen molar-refractivity contribution in [2.45, 2.75) is 19.9 Å². The Morgan fingerprint density at radius 2 is 1.95 bits per heavy atom. The van der Waals surface area contributed by atoms with Crippen LogP contribution in [0.15, 0.2) is 54.0 Å². The fraction of sp³-hybridized carbons (Fsp3) is 0.235. The van der Waals surface area contributed by atoms with Crippen molar-refractivity contribution in [2.24, 2.45) is 5.92 Å². The Balaban J connectivity index is 1.90. The minimum Gasteiger partial charge on any atom is -0.376 e. The van der Waals surface area contributed by atoms with E-state index in [0.717, 1.165) is 11.2 Å². The third-order valence-corrected chi connectivity index (χ3v) is 4.38. The minimum absolute atomic E-state index is 0.331. The highest BCUT2D eigenvalue weighted by atomic mass is 32.1. The molecule has 3 rings (SSSR count). The van der Waals surface area contributed by atoms with Crippen molar-refractivity contribution < 1.29 is 0 Å². The molecule has 2 heterocycles. The standard InChI is InChI=1S/C17H18N2S/c1-12(2)17(16-8-5-9-20-16)19-14-10-13-6-3-4-7-15(13)18-11-14/h3-12,17,19H,1-2H3. The summed E-state index contributed by atoms with van der Waals surface area (Å²) in [6, 6.07) is 15.0. The first-order chi connectivity index (χ1) is 9.74. The number of rotatable bonds is 4. The van der Waals surface area contributed by atoms with Gasteiger partial charge in [0, 0.05) is 10.3 Å². The highest BCUT2D eigenvalue weighted by molar-refractivity contribution is 7.10. The lowest BCUT2D eigenvalue weighted by molar-refractivity contribution is 0.554. The van der Waals surface area contributed by atoms with Gasteiger partial charge in [0.05, 0.1) is 23.4 Å². The SMILES string of the molecule is CC(C)C(Nc1cnc2ccccc2c1)c1cccs1. The molecule has 3 heteroatoms. The van der Waals surface area contributed by atoms with Crippen molar-refractivity contribution >= 4 is 27.9 Å². The smallest absolute Gasteiger partial charge is 0.0703 e. The van der Waals surface area contributed by atoms with Crippen LogP contribution in [0.5, 0.6) is 0 Å². The maximum Gasteiger partial charge on any atom is 0.0703 e. The van der Waals surface area contributed by atoms with Gasteiger partial charge in [0.1, 0.15) is 0 Å². The number of nitrogens with one attached hydrogen (secondary N) is 1. The van der Waals surface area contributed by atoms with Gasteiger partial charge >= 0.3 is 0 Å². The Morgan fingerprint density at radius 1 is 1.10 bits per heavy atom. The Hall–Kier alpha value is -1.87. The van der Waals surface area contributed by atoms with Gasteiger partial charge in [-0.15, -0.1) is 11.3 Å². The molecule has 0 aliphatic heterocycles. The van der Waals surface area contributed by atoms with Crippen molar-refractivity contribution in [3.63, 3.8) is 0 Å². The van der Waals surface area contributed by atoms with Crippen LogP contribution in [-0.4, -0.2) is 4.98 Å². The number of pyridine rings is 1. The molecule has 20 heavy (non-hydrogen) atoms. The van der Waals surface area contributed by atoms with E-state index in [4.69, 9.17) is 0 Å². The van der Waals surface area contributed by atoms with Crippen molar-refractivity contribution in [2.75, 3.05) is 5.32 Å². The number of anilines is 1. The number of aromatic nitrogens is 1. The molecule has 0 amide bonds.